The molecule has 0 aromatic heterocycles. The Morgan fingerprint density at radius 2 is 1.89 bits per heavy atom. The zero-order valence-corrected chi connectivity index (χ0v) is 10.5. The first-order chi connectivity index (χ1) is 8.97. The molecule has 1 aliphatic rings. The molecule has 0 bridgehead atoms. The first kappa shape index (κ1) is 13.9. The summed E-state index contributed by atoms with van der Waals surface area (Å²) in [5, 5.41) is 5.36. The highest BCUT2D eigenvalue weighted by Crippen LogP contribution is 2.20. The average molecular weight is 272 g/mol. The van der Waals surface area contributed by atoms with Gasteiger partial charge in [-0.3, -0.25) is 4.79 Å². The summed E-state index contributed by atoms with van der Waals surface area (Å²) in [5.74, 6) is -3.89. The molecule has 1 aliphatic heterocycles. The third kappa shape index (κ3) is 3.26. The number of anilines is 1. The second kappa shape index (κ2) is 5.61. The number of carbonyl (C=O) groups is 1. The van der Waals surface area contributed by atoms with E-state index in [1.807, 2.05) is 6.92 Å². The average Bonchev–Trinajstić information content (AvgIpc) is 2.36. The molecule has 1 saturated heterocycles. The SMILES string of the molecule is CC1CCCC(C(=O)Nc2cc(F)c(F)cc2F)N1. The van der Waals surface area contributed by atoms with Crippen LogP contribution in [0.1, 0.15) is 26.2 Å². The lowest BCUT2D eigenvalue weighted by molar-refractivity contribution is -0.118. The van der Waals surface area contributed by atoms with E-state index in [4.69, 9.17) is 0 Å². The molecule has 104 valence electrons. The van der Waals surface area contributed by atoms with Gasteiger partial charge in [0.25, 0.3) is 0 Å². The maximum absolute atomic E-state index is 13.4. The number of carbonyl (C=O) groups excluding carboxylic acids is 1. The quantitative estimate of drug-likeness (QED) is 0.812. The monoisotopic (exact) mass is 272 g/mol. The van der Waals surface area contributed by atoms with Gasteiger partial charge in [0.2, 0.25) is 5.91 Å². The van der Waals surface area contributed by atoms with Crippen molar-refractivity contribution in [2.24, 2.45) is 0 Å². The number of hydrogen-bond acceptors (Lipinski definition) is 2. The Kier molecular flexibility index (Phi) is 4.09. The Balaban J connectivity index is 2.08. The summed E-state index contributed by atoms with van der Waals surface area (Å²) < 4.78 is 39.2. The molecule has 6 heteroatoms. The fraction of sp³-hybridized carbons (Fsp3) is 0.462. The van der Waals surface area contributed by atoms with Gasteiger partial charge in [0.05, 0.1) is 11.7 Å². The molecular weight excluding hydrogens is 257 g/mol. The van der Waals surface area contributed by atoms with Gasteiger partial charge in [-0.15, -0.1) is 0 Å². The van der Waals surface area contributed by atoms with Gasteiger partial charge in [-0.1, -0.05) is 0 Å². The van der Waals surface area contributed by atoms with Crippen molar-refractivity contribution in [3.8, 4) is 0 Å². The van der Waals surface area contributed by atoms with Crippen LogP contribution >= 0.6 is 0 Å². The normalized spacial score (nSPS) is 23.2. The second-order valence-electron chi connectivity index (χ2n) is 4.79. The molecule has 2 rings (SSSR count). The van der Waals surface area contributed by atoms with E-state index in [-0.39, 0.29) is 11.7 Å². The summed E-state index contributed by atoms with van der Waals surface area (Å²) in [7, 11) is 0. The second-order valence-corrected chi connectivity index (χ2v) is 4.79. The molecular formula is C13H15F3N2O. The highest BCUT2D eigenvalue weighted by Gasteiger charge is 2.25. The minimum Gasteiger partial charge on any atom is -0.322 e. The molecule has 1 aromatic carbocycles. The molecule has 1 heterocycles. The van der Waals surface area contributed by atoms with E-state index in [0.717, 1.165) is 12.8 Å². The van der Waals surface area contributed by atoms with Crippen molar-refractivity contribution in [3.63, 3.8) is 0 Å². The number of nitrogens with one attached hydrogen (secondary N) is 2. The van der Waals surface area contributed by atoms with Crippen LogP contribution in [-0.4, -0.2) is 18.0 Å². The summed E-state index contributed by atoms with van der Waals surface area (Å²) in [5.41, 5.74) is -0.344. The predicted octanol–water partition coefficient (Wildman–Crippen LogP) is 2.57. The largest absolute Gasteiger partial charge is 0.322 e. The highest BCUT2D eigenvalue weighted by atomic mass is 19.2. The molecule has 1 aromatic rings. The van der Waals surface area contributed by atoms with Crippen LogP contribution in [0.25, 0.3) is 0 Å². The Bertz CT molecular complexity index is 493. The third-order valence-electron chi connectivity index (χ3n) is 3.20. The van der Waals surface area contributed by atoms with Crippen molar-refractivity contribution >= 4 is 11.6 Å². The van der Waals surface area contributed by atoms with Crippen molar-refractivity contribution in [3.05, 3.63) is 29.6 Å². The van der Waals surface area contributed by atoms with Crippen LogP contribution in [0.4, 0.5) is 18.9 Å². The predicted molar refractivity (Wildman–Crippen MR) is 65.2 cm³/mol. The Morgan fingerprint density at radius 1 is 1.21 bits per heavy atom. The van der Waals surface area contributed by atoms with Crippen LogP contribution in [0, 0.1) is 17.5 Å². The topological polar surface area (TPSA) is 41.1 Å². The number of halogens is 3. The number of piperidine rings is 1. The molecule has 1 fully saturated rings. The third-order valence-corrected chi connectivity index (χ3v) is 3.20. The lowest BCUT2D eigenvalue weighted by atomic mass is 9.99. The van der Waals surface area contributed by atoms with E-state index < -0.39 is 29.4 Å². The molecule has 0 radical (unpaired) electrons. The minimum absolute atomic E-state index is 0.208. The van der Waals surface area contributed by atoms with Crippen LogP contribution < -0.4 is 10.6 Å². The van der Waals surface area contributed by atoms with Crippen molar-refractivity contribution in [2.75, 3.05) is 5.32 Å². The van der Waals surface area contributed by atoms with Crippen LogP contribution in [0.2, 0.25) is 0 Å². The first-order valence-electron chi connectivity index (χ1n) is 6.19. The fourth-order valence-corrected chi connectivity index (χ4v) is 2.18. The van der Waals surface area contributed by atoms with E-state index >= 15 is 0 Å². The van der Waals surface area contributed by atoms with Crippen LogP contribution in [0.3, 0.4) is 0 Å². The van der Waals surface area contributed by atoms with Crippen molar-refractivity contribution < 1.29 is 18.0 Å². The molecule has 0 spiro atoms. The number of rotatable bonds is 2. The van der Waals surface area contributed by atoms with Crippen LogP contribution in [-0.2, 0) is 4.79 Å². The number of hydrogen-bond donors (Lipinski definition) is 2. The summed E-state index contributed by atoms with van der Waals surface area (Å²) in [6, 6.07) is 0.840. The van der Waals surface area contributed by atoms with Gasteiger partial charge in [-0.05, 0) is 26.2 Å². The zero-order valence-electron chi connectivity index (χ0n) is 10.5. The van der Waals surface area contributed by atoms with Gasteiger partial charge < -0.3 is 10.6 Å². The molecule has 3 nitrogen and oxygen atoms in total. The number of amides is 1. The van der Waals surface area contributed by atoms with Gasteiger partial charge in [-0.25, -0.2) is 13.2 Å². The molecule has 0 aliphatic carbocycles. The van der Waals surface area contributed by atoms with Crippen molar-refractivity contribution in [1.82, 2.24) is 5.32 Å². The smallest absolute Gasteiger partial charge is 0.241 e. The minimum atomic E-state index is -1.28. The van der Waals surface area contributed by atoms with Crippen molar-refractivity contribution in [1.29, 1.82) is 0 Å². The van der Waals surface area contributed by atoms with E-state index in [1.54, 1.807) is 0 Å². The highest BCUT2D eigenvalue weighted by molar-refractivity contribution is 5.95. The van der Waals surface area contributed by atoms with Crippen LogP contribution in [0.5, 0.6) is 0 Å². The van der Waals surface area contributed by atoms with E-state index in [1.165, 1.54) is 0 Å². The van der Waals surface area contributed by atoms with Gasteiger partial charge in [0, 0.05) is 18.2 Å². The first-order valence-corrected chi connectivity index (χ1v) is 6.19. The van der Waals surface area contributed by atoms with E-state index in [2.05, 4.69) is 10.6 Å². The molecule has 2 unspecified atom stereocenters. The summed E-state index contributed by atoms with van der Waals surface area (Å²) >= 11 is 0. The van der Waals surface area contributed by atoms with E-state index in [9.17, 15) is 18.0 Å². The molecule has 0 saturated carbocycles. The number of benzene rings is 1. The molecule has 2 N–H and O–H groups in total. The lowest BCUT2D eigenvalue weighted by Crippen LogP contribution is -2.47. The Hall–Kier alpha value is -1.56. The van der Waals surface area contributed by atoms with Crippen molar-refractivity contribution in [2.45, 2.75) is 38.3 Å². The molecule has 1 amide bonds. The Morgan fingerprint density at radius 3 is 2.58 bits per heavy atom. The Labute approximate surface area is 109 Å². The zero-order chi connectivity index (χ0) is 14.0. The standard InChI is InChI=1S/C13H15F3N2O/c1-7-3-2-4-11(17-7)13(19)18-12-6-9(15)8(14)5-10(12)16/h5-7,11,17H,2-4H2,1H3,(H,18,19). The summed E-state index contributed by atoms with van der Waals surface area (Å²) in [4.78, 5) is 11.9. The maximum atomic E-state index is 13.4. The van der Waals surface area contributed by atoms with Gasteiger partial charge in [0.1, 0.15) is 5.82 Å². The lowest BCUT2D eigenvalue weighted by Gasteiger charge is -2.27. The molecule has 2 atom stereocenters. The fourth-order valence-electron chi connectivity index (χ4n) is 2.18. The maximum Gasteiger partial charge on any atom is 0.241 e. The summed E-state index contributed by atoms with van der Waals surface area (Å²) in [6.45, 7) is 1.96. The van der Waals surface area contributed by atoms with Gasteiger partial charge >= 0.3 is 0 Å². The van der Waals surface area contributed by atoms with Crippen LogP contribution in [0.15, 0.2) is 12.1 Å². The van der Waals surface area contributed by atoms with Gasteiger partial charge in [-0.2, -0.15) is 0 Å². The molecule has 19 heavy (non-hydrogen) atoms. The van der Waals surface area contributed by atoms with E-state index in [0.29, 0.717) is 18.6 Å². The van der Waals surface area contributed by atoms with Gasteiger partial charge in [0.15, 0.2) is 11.6 Å². The summed E-state index contributed by atoms with van der Waals surface area (Å²) in [6.07, 6.45) is 2.51.